The van der Waals surface area contributed by atoms with Gasteiger partial charge in [-0.25, -0.2) is 4.98 Å². The van der Waals surface area contributed by atoms with Crippen LogP contribution >= 0.6 is 11.3 Å². The maximum Gasteiger partial charge on any atom is 0.273 e. The van der Waals surface area contributed by atoms with Crippen LogP contribution < -0.4 is 4.74 Å². The van der Waals surface area contributed by atoms with E-state index in [9.17, 15) is 0 Å². The Bertz CT molecular complexity index is 520. The standard InChI is InChI=1S/C18H29N3OS/c1-2-9-20-10-8-16-17(13-20)23-18(19-16)22-15-6-11-21(12-7-15)14-4-3-5-14/h14-15H,2-13H2,1H3. The van der Waals surface area contributed by atoms with Crippen molar-refractivity contribution in [2.45, 2.75) is 70.6 Å². The lowest BCUT2D eigenvalue weighted by Gasteiger charge is -2.41. The molecule has 0 atom stereocenters. The van der Waals surface area contributed by atoms with Gasteiger partial charge in [0.2, 0.25) is 0 Å². The minimum atomic E-state index is 0.380. The van der Waals surface area contributed by atoms with Gasteiger partial charge in [-0.1, -0.05) is 24.7 Å². The summed E-state index contributed by atoms with van der Waals surface area (Å²) < 4.78 is 6.25. The largest absolute Gasteiger partial charge is 0.467 e. The van der Waals surface area contributed by atoms with E-state index >= 15 is 0 Å². The monoisotopic (exact) mass is 335 g/mol. The Morgan fingerprint density at radius 2 is 2.00 bits per heavy atom. The molecule has 0 aromatic carbocycles. The van der Waals surface area contributed by atoms with E-state index in [1.165, 1.54) is 68.7 Å². The number of fused-ring (bicyclic) bond motifs is 1. The van der Waals surface area contributed by atoms with Gasteiger partial charge in [-0.2, -0.15) is 0 Å². The summed E-state index contributed by atoms with van der Waals surface area (Å²) in [6.45, 7) is 8.11. The fourth-order valence-corrected chi connectivity index (χ4v) is 5.10. The van der Waals surface area contributed by atoms with Crippen molar-refractivity contribution in [3.8, 4) is 5.19 Å². The zero-order chi connectivity index (χ0) is 15.6. The second-order valence-electron chi connectivity index (χ2n) is 7.31. The molecule has 1 aliphatic carbocycles. The van der Waals surface area contributed by atoms with Crippen LogP contribution in [-0.4, -0.2) is 53.1 Å². The van der Waals surface area contributed by atoms with E-state index in [-0.39, 0.29) is 0 Å². The van der Waals surface area contributed by atoms with Crippen LogP contribution in [0.4, 0.5) is 0 Å². The van der Waals surface area contributed by atoms with Gasteiger partial charge in [-0.15, -0.1) is 0 Å². The number of ether oxygens (including phenoxy) is 1. The number of aromatic nitrogens is 1. The molecule has 1 aromatic heterocycles. The number of rotatable bonds is 5. The molecule has 4 rings (SSSR count). The van der Waals surface area contributed by atoms with Crippen molar-refractivity contribution in [2.75, 3.05) is 26.2 Å². The molecule has 1 saturated heterocycles. The van der Waals surface area contributed by atoms with Crippen molar-refractivity contribution in [1.29, 1.82) is 0 Å². The smallest absolute Gasteiger partial charge is 0.273 e. The van der Waals surface area contributed by atoms with Gasteiger partial charge in [-0.05, 0) is 38.6 Å². The Labute approximate surface area is 143 Å². The first-order valence-electron chi connectivity index (χ1n) is 9.43. The molecule has 0 radical (unpaired) electrons. The summed E-state index contributed by atoms with van der Waals surface area (Å²) in [5, 5.41) is 0.926. The number of nitrogens with zero attached hydrogens (tertiary/aromatic N) is 3. The van der Waals surface area contributed by atoms with E-state index in [0.29, 0.717) is 6.10 Å². The number of likely N-dealkylation sites (tertiary alicyclic amines) is 1. The number of hydrogen-bond donors (Lipinski definition) is 0. The van der Waals surface area contributed by atoms with E-state index < -0.39 is 0 Å². The fourth-order valence-electron chi connectivity index (χ4n) is 4.04. The highest BCUT2D eigenvalue weighted by atomic mass is 32.1. The van der Waals surface area contributed by atoms with E-state index in [2.05, 4.69) is 16.7 Å². The predicted octanol–water partition coefficient (Wildman–Crippen LogP) is 3.31. The molecule has 0 amide bonds. The van der Waals surface area contributed by atoms with Gasteiger partial charge in [0, 0.05) is 43.5 Å². The molecule has 0 spiro atoms. The van der Waals surface area contributed by atoms with Crippen LogP contribution in [0.2, 0.25) is 0 Å². The number of thiazole rings is 1. The Hall–Kier alpha value is -0.650. The fraction of sp³-hybridized carbons (Fsp3) is 0.833. The molecule has 0 bridgehead atoms. The zero-order valence-electron chi connectivity index (χ0n) is 14.3. The molecule has 0 N–H and O–H groups in total. The summed E-state index contributed by atoms with van der Waals surface area (Å²) >= 11 is 1.79. The first-order valence-corrected chi connectivity index (χ1v) is 10.2. The van der Waals surface area contributed by atoms with Crippen molar-refractivity contribution in [2.24, 2.45) is 0 Å². The molecule has 0 unspecified atom stereocenters. The lowest BCUT2D eigenvalue weighted by atomic mass is 9.90. The van der Waals surface area contributed by atoms with Crippen molar-refractivity contribution in [3.63, 3.8) is 0 Å². The summed E-state index contributed by atoms with van der Waals surface area (Å²) in [6.07, 6.45) is 9.31. The maximum absolute atomic E-state index is 6.25. The lowest BCUT2D eigenvalue weighted by Crippen LogP contribution is -2.46. The Morgan fingerprint density at radius 1 is 1.17 bits per heavy atom. The summed E-state index contributed by atoms with van der Waals surface area (Å²) in [5.41, 5.74) is 1.30. The normalized spacial score (nSPS) is 24.4. The summed E-state index contributed by atoms with van der Waals surface area (Å²) in [6, 6.07) is 0.882. The molecule has 1 saturated carbocycles. The zero-order valence-corrected chi connectivity index (χ0v) is 15.1. The molecule has 23 heavy (non-hydrogen) atoms. The van der Waals surface area contributed by atoms with Crippen molar-refractivity contribution < 1.29 is 4.74 Å². The summed E-state index contributed by atoms with van der Waals surface area (Å²) in [5.74, 6) is 0. The quantitative estimate of drug-likeness (QED) is 0.825. The van der Waals surface area contributed by atoms with Gasteiger partial charge in [-0.3, -0.25) is 4.90 Å². The Kier molecular flexibility index (Phi) is 4.88. The lowest BCUT2D eigenvalue weighted by molar-refractivity contribution is 0.0492. The van der Waals surface area contributed by atoms with Crippen molar-refractivity contribution >= 4 is 11.3 Å². The third-order valence-corrected chi connectivity index (χ3v) is 6.64. The van der Waals surface area contributed by atoms with Crippen molar-refractivity contribution in [1.82, 2.24) is 14.8 Å². The highest BCUT2D eigenvalue weighted by molar-refractivity contribution is 7.13. The van der Waals surface area contributed by atoms with E-state index in [4.69, 9.17) is 9.72 Å². The van der Waals surface area contributed by atoms with Crippen LogP contribution in [-0.2, 0) is 13.0 Å². The first kappa shape index (κ1) is 15.9. The molecule has 3 heterocycles. The van der Waals surface area contributed by atoms with Crippen LogP contribution in [0.25, 0.3) is 0 Å². The van der Waals surface area contributed by atoms with Crippen LogP contribution in [0.3, 0.4) is 0 Å². The number of piperidine rings is 1. The number of hydrogen-bond acceptors (Lipinski definition) is 5. The molecular formula is C18H29N3OS. The van der Waals surface area contributed by atoms with Crippen molar-refractivity contribution in [3.05, 3.63) is 10.6 Å². The van der Waals surface area contributed by atoms with Crippen LogP contribution in [0, 0.1) is 0 Å². The molecule has 5 heteroatoms. The van der Waals surface area contributed by atoms with Crippen LogP contribution in [0.15, 0.2) is 0 Å². The van der Waals surface area contributed by atoms with Crippen LogP contribution in [0.1, 0.15) is 56.0 Å². The first-order chi connectivity index (χ1) is 11.3. The third kappa shape index (κ3) is 3.57. The molecule has 2 fully saturated rings. The minimum absolute atomic E-state index is 0.380. The molecular weight excluding hydrogens is 306 g/mol. The van der Waals surface area contributed by atoms with E-state index in [1.54, 1.807) is 11.3 Å². The molecule has 4 nitrogen and oxygen atoms in total. The predicted molar refractivity (Wildman–Crippen MR) is 94.2 cm³/mol. The van der Waals surface area contributed by atoms with Gasteiger partial charge in [0.05, 0.1) is 5.69 Å². The Balaban J connectivity index is 1.30. The van der Waals surface area contributed by atoms with Gasteiger partial charge in [0.25, 0.3) is 5.19 Å². The van der Waals surface area contributed by atoms with Gasteiger partial charge in [0.15, 0.2) is 0 Å². The summed E-state index contributed by atoms with van der Waals surface area (Å²) in [7, 11) is 0. The summed E-state index contributed by atoms with van der Waals surface area (Å²) in [4.78, 5) is 11.4. The van der Waals surface area contributed by atoms with Crippen LogP contribution in [0.5, 0.6) is 5.19 Å². The molecule has 128 valence electrons. The van der Waals surface area contributed by atoms with Gasteiger partial charge >= 0.3 is 0 Å². The average Bonchev–Trinajstić information content (AvgIpc) is 2.89. The highest BCUT2D eigenvalue weighted by Gasteiger charge is 2.30. The van der Waals surface area contributed by atoms with E-state index in [1.807, 2.05) is 0 Å². The maximum atomic E-state index is 6.25. The third-order valence-electron chi connectivity index (χ3n) is 5.67. The van der Waals surface area contributed by atoms with E-state index in [0.717, 1.165) is 30.7 Å². The molecule has 1 aromatic rings. The minimum Gasteiger partial charge on any atom is -0.467 e. The highest BCUT2D eigenvalue weighted by Crippen LogP contribution is 2.32. The Morgan fingerprint density at radius 3 is 2.70 bits per heavy atom. The van der Waals surface area contributed by atoms with Gasteiger partial charge in [0.1, 0.15) is 6.10 Å². The SMILES string of the molecule is CCCN1CCc2nc(OC3CCN(C4CCC4)CC3)sc2C1. The molecule has 3 aliphatic rings. The second kappa shape index (κ2) is 7.08. The van der Waals surface area contributed by atoms with Gasteiger partial charge < -0.3 is 9.64 Å². The molecule has 2 aliphatic heterocycles. The second-order valence-corrected chi connectivity index (χ2v) is 8.36. The average molecular weight is 336 g/mol. The topological polar surface area (TPSA) is 28.6 Å².